The van der Waals surface area contributed by atoms with E-state index in [9.17, 15) is 9.90 Å². The lowest BCUT2D eigenvalue weighted by atomic mass is 9.49. The number of carbonyl (C=O) groups excluding carboxylic acids is 1. The standard InChI is InChI=1S/C27H37N3O2/c1-26-11-9-21-20-10-13-27(32,12-8-18-2-3-18)16-19(20)4-5-22(21)23(26)6-7-24(26)25(31)17-30-28-14-15-29-30/h14-15,18-24,32H,2-7,9-11,13,16-17H2,1H3/t19-,20+,21?,22?,23?,24-,26+,27-/m1/s1. The molecule has 0 spiro atoms. The minimum atomic E-state index is -0.731. The van der Waals surface area contributed by atoms with Crippen LogP contribution in [-0.4, -0.2) is 31.5 Å². The Morgan fingerprint density at radius 2 is 1.78 bits per heavy atom. The molecular formula is C27H37N3O2. The monoisotopic (exact) mass is 435 g/mol. The molecule has 5 aliphatic rings. The normalized spacial score (nSPS) is 45.2. The van der Waals surface area contributed by atoms with Crippen molar-refractivity contribution in [2.75, 3.05) is 0 Å². The summed E-state index contributed by atoms with van der Waals surface area (Å²) in [5, 5.41) is 19.5. The summed E-state index contributed by atoms with van der Waals surface area (Å²) in [6, 6.07) is 0. The van der Waals surface area contributed by atoms with E-state index in [0.29, 0.717) is 30.1 Å². The summed E-state index contributed by atoms with van der Waals surface area (Å²) in [4.78, 5) is 14.8. The number of ketones is 1. The van der Waals surface area contributed by atoms with Crippen molar-refractivity contribution in [3.8, 4) is 11.8 Å². The fraction of sp³-hybridized carbons (Fsp3) is 0.815. The number of aliphatic hydroxyl groups is 1. The zero-order chi connectivity index (χ0) is 21.9. The topological polar surface area (TPSA) is 68.0 Å². The van der Waals surface area contributed by atoms with Crippen molar-refractivity contribution in [2.24, 2.45) is 46.8 Å². The fourth-order valence-corrected chi connectivity index (χ4v) is 8.56. The first-order chi connectivity index (χ1) is 15.5. The summed E-state index contributed by atoms with van der Waals surface area (Å²) in [5.74, 6) is 11.3. The van der Waals surface area contributed by atoms with Gasteiger partial charge in [-0.25, -0.2) is 0 Å². The lowest BCUT2D eigenvalue weighted by Gasteiger charge is -2.56. The van der Waals surface area contributed by atoms with Gasteiger partial charge in [-0.05, 0) is 106 Å². The van der Waals surface area contributed by atoms with Crippen LogP contribution in [0.2, 0.25) is 0 Å². The quantitative estimate of drug-likeness (QED) is 0.721. The van der Waals surface area contributed by atoms with Gasteiger partial charge in [0.15, 0.2) is 5.78 Å². The van der Waals surface area contributed by atoms with E-state index in [1.165, 1.54) is 44.9 Å². The number of Topliss-reactive ketones (excluding diaryl/α,β-unsaturated/α-hetero) is 1. The number of aromatic nitrogens is 3. The average Bonchev–Trinajstić information content (AvgIpc) is 3.34. The summed E-state index contributed by atoms with van der Waals surface area (Å²) in [6.07, 6.45) is 15.8. The summed E-state index contributed by atoms with van der Waals surface area (Å²) >= 11 is 0. The van der Waals surface area contributed by atoms with E-state index in [-0.39, 0.29) is 11.3 Å². The van der Waals surface area contributed by atoms with Crippen LogP contribution in [0.4, 0.5) is 0 Å². The molecule has 8 atom stereocenters. The molecule has 32 heavy (non-hydrogen) atoms. The second kappa shape index (κ2) is 7.69. The summed E-state index contributed by atoms with van der Waals surface area (Å²) in [6.45, 7) is 2.73. The van der Waals surface area contributed by atoms with Gasteiger partial charge in [-0.3, -0.25) is 4.79 Å². The highest BCUT2D eigenvalue weighted by Crippen LogP contribution is 2.64. The van der Waals surface area contributed by atoms with Gasteiger partial charge in [-0.2, -0.15) is 15.0 Å². The average molecular weight is 436 g/mol. The first-order valence-electron chi connectivity index (χ1n) is 13.1. The molecule has 5 aliphatic carbocycles. The number of hydrogen-bond acceptors (Lipinski definition) is 4. The maximum absolute atomic E-state index is 13.2. The van der Waals surface area contributed by atoms with Gasteiger partial charge in [-0.1, -0.05) is 18.8 Å². The van der Waals surface area contributed by atoms with Crippen molar-refractivity contribution in [3.63, 3.8) is 0 Å². The molecule has 5 saturated carbocycles. The van der Waals surface area contributed by atoms with Crippen LogP contribution < -0.4 is 0 Å². The predicted octanol–water partition coefficient (Wildman–Crippen LogP) is 4.26. The van der Waals surface area contributed by atoms with Crippen molar-refractivity contribution in [1.82, 2.24) is 15.0 Å². The Morgan fingerprint density at radius 3 is 2.56 bits per heavy atom. The molecule has 5 nitrogen and oxygen atoms in total. The summed E-state index contributed by atoms with van der Waals surface area (Å²) < 4.78 is 0. The molecule has 0 aromatic carbocycles. The van der Waals surface area contributed by atoms with Gasteiger partial charge in [0.2, 0.25) is 0 Å². The molecule has 0 amide bonds. The van der Waals surface area contributed by atoms with Crippen LogP contribution in [0.15, 0.2) is 12.4 Å². The predicted molar refractivity (Wildman–Crippen MR) is 121 cm³/mol. The third-order valence-electron chi connectivity index (χ3n) is 10.2. The number of hydrogen-bond donors (Lipinski definition) is 1. The number of rotatable bonds is 3. The van der Waals surface area contributed by atoms with E-state index in [1.54, 1.807) is 17.2 Å². The highest BCUT2D eigenvalue weighted by atomic mass is 16.3. The molecule has 0 radical (unpaired) electrons. The molecule has 0 bridgehead atoms. The van der Waals surface area contributed by atoms with Crippen LogP contribution in [-0.2, 0) is 11.3 Å². The Morgan fingerprint density at radius 1 is 1.00 bits per heavy atom. The first kappa shape index (κ1) is 20.9. The Kier molecular flexibility index (Phi) is 5.02. The fourth-order valence-electron chi connectivity index (χ4n) is 8.56. The second-order valence-electron chi connectivity index (χ2n) is 12.0. The van der Waals surface area contributed by atoms with Crippen LogP contribution in [0.5, 0.6) is 0 Å². The van der Waals surface area contributed by atoms with Crippen molar-refractivity contribution >= 4 is 5.78 Å². The molecule has 6 rings (SSSR count). The lowest BCUT2D eigenvalue weighted by Crippen LogP contribution is -2.51. The van der Waals surface area contributed by atoms with Crippen molar-refractivity contribution < 1.29 is 9.90 Å². The van der Waals surface area contributed by atoms with E-state index in [1.807, 2.05) is 0 Å². The van der Waals surface area contributed by atoms with Gasteiger partial charge in [0.1, 0.15) is 12.1 Å². The Balaban J connectivity index is 1.15. The van der Waals surface area contributed by atoms with Crippen LogP contribution in [0, 0.1) is 58.7 Å². The third-order valence-corrected chi connectivity index (χ3v) is 10.2. The minimum Gasteiger partial charge on any atom is -0.378 e. The van der Waals surface area contributed by atoms with Crippen LogP contribution in [0.25, 0.3) is 0 Å². The van der Waals surface area contributed by atoms with Gasteiger partial charge in [0, 0.05) is 11.8 Å². The van der Waals surface area contributed by atoms with Crippen molar-refractivity contribution in [3.05, 3.63) is 12.4 Å². The maximum Gasteiger partial charge on any atom is 0.159 e. The van der Waals surface area contributed by atoms with Crippen molar-refractivity contribution in [1.29, 1.82) is 0 Å². The van der Waals surface area contributed by atoms with E-state index in [4.69, 9.17) is 0 Å². The minimum absolute atomic E-state index is 0.142. The van der Waals surface area contributed by atoms with Gasteiger partial charge in [0.25, 0.3) is 0 Å². The van der Waals surface area contributed by atoms with Gasteiger partial charge < -0.3 is 5.11 Å². The SMILES string of the molecule is C[C@]12CCC3C(CC[C@@H]4C[C@@](O)(C#CC5CC5)CC[C@H]34)C1CC[C@@H]2C(=O)Cn1nccn1. The van der Waals surface area contributed by atoms with E-state index in [2.05, 4.69) is 29.0 Å². The van der Waals surface area contributed by atoms with Crippen LogP contribution in [0.3, 0.4) is 0 Å². The molecular weight excluding hydrogens is 398 g/mol. The smallest absolute Gasteiger partial charge is 0.159 e. The molecule has 5 heteroatoms. The molecule has 1 aromatic heterocycles. The lowest BCUT2D eigenvalue weighted by molar-refractivity contribution is -0.132. The molecule has 1 heterocycles. The largest absolute Gasteiger partial charge is 0.378 e. The zero-order valence-electron chi connectivity index (χ0n) is 19.4. The number of carbonyl (C=O) groups is 1. The van der Waals surface area contributed by atoms with E-state index in [0.717, 1.165) is 43.4 Å². The van der Waals surface area contributed by atoms with E-state index >= 15 is 0 Å². The Hall–Kier alpha value is -1.67. The number of fused-ring (bicyclic) bond motifs is 5. The molecule has 3 unspecified atom stereocenters. The van der Waals surface area contributed by atoms with Gasteiger partial charge in [0.05, 0.1) is 12.4 Å². The molecule has 0 saturated heterocycles. The molecule has 5 fully saturated rings. The summed E-state index contributed by atoms with van der Waals surface area (Å²) in [7, 11) is 0. The highest BCUT2D eigenvalue weighted by molar-refractivity contribution is 5.81. The second-order valence-corrected chi connectivity index (χ2v) is 12.0. The van der Waals surface area contributed by atoms with E-state index < -0.39 is 5.60 Å². The Bertz CT molecular complexity index is 928. The first-order valence-corrected chi connectivity index (χ1v) is 13.1. The zero-order valence-corrected chi connectivity index (χ0v) is 19.4. The van der Waals surface area contributed by atoms with Gasteiger partial charge in [-0.15, -0.1) is 0 Å². The summed E-state index contributed by atoms with van der Waals surface area (Å²) in [5.41, 5.74) is -0.589. The molecule has 0 aliphatic heterocycles. The Labute approximate surface area is 191 Å². The molecule has 1 aromatic rings. The molecule has 1 N–H and O–H groups in total. The van der Waals surface area contributed by atoms with Gasteiger partial charge >= 0.3 is 0 Å². The van der Waals surface area contributed by atoms with Crippen molar-refractivity contribution in [2.45, 2.75) is 89.7 Å². The highest BCUT2D eigenvalue weighted by Gasteiger charge is 2.59. The van der Waals surface area contributed by atoms with Crippen LogP contribution >= 0.6 is 0 Å². The maximum atomic E-state index is 13.2. The van der Waals surface area contributed by atoms with Crippen LogP contribution in [0.1, 0.15) is 77.6 Å². The third kappa shape index (κ3) is 3.54. The molecule has 172 valence electrons. The number of nitrogens with zero attached hydrogens (tertiary/aromatic N) is 3.